The van der Waals surface area contributed by atoms with Crippen LogP contribution in [0.4, 0.5) is 0 Å². The third kappa shape index (κ3) is 3.93. The summed E-state index contributed by atoms with van der Waals surface area (Å²) in [6.07, 6.45) is -0.631. The lowest BCUT2D eigenvalue weighted by atomic mass is 10.1. The zero-order valence-electron chi connectivity index (χ0n) is 13.6. The highest BCUT2D eigenvalue weighted by atomic mass is 32.2. The molecule has 2 heterocycles. The van der Waals surface area contributed by atoms with Gasteiger partial charge in [0.05, 0.1) is 11.5 Å². The molecule has 0 spiro atoms. The summed E-state index contributed by atoms with van der Waals surface area (Å²) in [6, 6.07) is -0.423. The summed E-state index contributed by atoms with van der Waals surface area (Å²) in [4.78, 5) is 24.2. The molecule has 2 rings (SSSR count). The van der Waals surface area contributed by atoms with Crippen molar-refractivity contribution in [2.24, 2.45) is 0 Å². The molecule has 2 atom stereocenters. The highest BCUT2D eigenvalue weighted by molar-refractivity contribution is 7.91. The predicted molar refractivity (Wildman–Crippen MR) is 83.0 cm³/mol. The van der Waals surface area contributed by atoms with E-state index in [1.807, 2.05) is 0 Å². The van der Waals surface area contributed by atoms with Gasteiger partial charge in [0, 0.05) is 11.6 Å². The van der Waals surface area contributed by atoms with Gasteiger partial charge < -0.3 is 14.5 Å². The van der Waals surface area contributed by atoms with Crippen molar-refractivity contribution in [1.82, 2.24) is 5.32 Å². The molecule has 23 heavy (non-hydrogen) atoms. The van der Waals surface area contributed by atoms with Gasteiger partial charge in [0.25, 0.3) is 5.91 Å². The minimum atomic E-state index is -3.08. The van der Waals surface area contributed by atoms with Gasteiger partial charge in [0.1, 0.15) is 17.1 Å². The first-order chi connectivity index (χ1) is 10.6. The zero-order chi connectivity index (χ0) is 17.4. The Morgan fingerprint density at radius 2 is 1.91 bits per heavy atom. The van der Waals surface area contributed by atoms with Gasteiger partial charge in [-0.15, -0.1) is 0 Å². The number of amides is 1. The summed E-state index contributed by atoms with van der Waals surface area (Å²) in [5.41, 5.74) is 1.01. The standard InChI is InChI=1S/C15H21NO6S/c1-8-9(2)21-10(3)13(8)15(18)22-11(4)14(17)16-12-5-6-23(19,20)7-12/h11-12H,5-7H2,1-4H3,(H,16,17)/t11-,12+/m1/s1. The Morgan fingerprint density at radius 3 is 2.39 bits per heavy atom. The fourth-order valence-electron chi connectivity index (χ4n) is 2.59. The average molecular weight is 343 g/mol. The second kappa shape index (κ2) is 6.35. The van der Waals surface area contributed by atoms with Crippen LogP contribution < -0.4 is 5.32 Å². The van der Waals surface area contributed by atoms with Crippen molar-refractivity contribution in [3.8, 4) is 0 Å². The molecule has 1 aromatic rings. The smallest absolute Gasteiger partial charge is 0.342 e. The Morgan fingerprint density at radius 1 is 1.26 bits per heavy atom. The first-order valence-electron chi connectivity index (χ1n) is 7.39. The third-order valence-electron chi connectivity index (χ3n) is 4.00. The zero-order valence-corrected chi connectivity index (χ0v) is 14.5. The number of sulfone groups is 1. The Kier molecular flexibility index (Phi) is 4.84. The van der Waals surface area contributed by atoms with E-state index in [0.717, 1.165) is 0 Å². The van der Waals surface area contributed by atoms with Crippen molar-refractivity contribution in [2.75, 3.05) is 11.5 Å². The fraction of sp³-hybridized carbons (Fsp3) is 0.600. The maximum absolute atomic E-state index is 12.2. The number of hydrogen-bond acceptors (Lipinski definition) is 6. The van der Waals surface area contributed by atoms with Crippen molar-refractivity contribution in [3.05, 3.63) is 22.6 Å². The van der Waals surface area contributed by atoms with Crippen molar-refractivity contribution in [1.29, 1.82) is 0 Å². The average Bonchev–Trinajstić information content (AvgIpc) is 2.89. The summed E-state index contributed by atoms with van der Waals surface area (Å²) in [7, 11) is -3.08. The maximum Gasteiger partial charge on any atom is 0.342 e. The highest BCUT2D eigenvalue weighted by Crippen LogP contribution is 2.22. The van der Waals surface area contributed by atoms with E-state index < -0.39 is 33.9 Å². The lowest BCUT2D eigenvalue weighted by Gasteiger charge is -2.16. The normalized spacial score (nSPS) is 21.0. The topological polar surface area (TPSA) is 103 Å². The molecule has 1 fully saturated rings. The largest absolute Gasteiger partial charge is 0.465 e. The molecule has 1 amide bonds. The monoisotopic (exact) mass is 343 g/mol. The second-order valence-corrected chi connectivity index (χ2v) is 8.10. The SMILES string of the molecule is Cc1oc(C)c(C(=O)O[C@H](C)C(=O)N[C@H]2CCS(=O)(=O)C2)c1C. The maximum atomic E-state index is 12.2. The van der Waals surface area contributed by atoms with E-state index in [1.165, 1.54) is 6.92 Å². The minimum absolute atomic E-state index is 0.0683. The van der Waals surface area contributed by atoms with Crippen LogP contribution in [0.5, 0.6) is 0 Å². The van der Waals surface area contributed by atoms with Crippen molar-refractivity contribution < 1.29 is 27.2 Å². The Hall–Kier alpha value is -1.83. The van der Waals surface area contributed by atoms with E-state index in [9.17, 15) is 18.0 Å². The number of aryl methyl sites for hydroxylation is 2. The minimum Gasteiger partial charge on any atom is -0.465 e. The molecule has 0 saturated carbocycles. The molecule has 1 aliphatic rings. The van der Waals surface area contributed by atoms with Crippen LogP contribution in [0, 0.1) is 20.8 Å². The van der Waals surface area contributed by atoms with Gasteiger partial charge in [-0.2, -0.15) is 0 Å². The van der Waals surface area contributed by atoms with Gasteiger partial charge >= 0.3 is 5.97 Å². The third-order valence-corrected chi connectivity index (χ3v) is 5.77. The number of rotatable bonds is 4. The number of esters is 1. The lowest BCUT2D eigenvalue weighted by molar-refractivity contribution is -0.129. The summed E-state index contributed by atoms with van der Waals surface area (Å²) in [6.45, 7) is 6.60. The molecule has 1 saturated heterocycles. The number of furan rings is 1. The number of ether oxygens (including phenoxy) is 1. The van der Waals surface area contributed by atoms with E-state index in [-0.39, 0.29) is 11.5 Å². The predicted octanol–water partition coefficient (Wildman–Crippen LogP) is 1.05. The summed E-state index contributed by atoms with van der Waals surface area (Å²) in [5, 5.41) is 2.61. The number of carbonyl (C=O) groups excluding carboxylic acids is 2. The highest BCUT2D eigenvalue weighted by Gasteiger charge is 2.31. The van der Waals surface area contributed by atoms with Crippen LogP contribution in [-0.4, -0.2) is 43.9 Å². The Balaban J connectivity index is 1.97. The van der Waals surface area contributed by atoms with Crippen molar-refractivity contribution in [2.45, 2.75) is 46.3 Å². The quantitative estimate of drug-likeness (QED) is 0.820. The molecular formula is C15H21NO6S. The van der Waals surface area contributed by atoms with E-state index in [1.54, 1.807) is 20.8 Å². The molecular weight excluding hydrogens is 322 g/mol. The number of hydrogen-bond donors (Lipinski definition) is 1. The van der Waals surface area contributed by atoms with Gasteiger partial charge in [-0.1, -0.05) is 0 Å². The van der Waals surface area contributed by atoms with Crippen LogP contribution in [0.3, 0.4) is 0 Å². The molecule has 0 bridgehead atoms. The Bertz CT molecular complexity index is 733. The molecule has 8 heteroatoms. The van der Waals surface area contributed by atoms with Gasteiger partial charge in [-0.3, -0.25) is 4.79 Å². The number of nitrogens with one attached hydrogen (secondary N) is 1. The van der Waals surface area contributed by atoms with E-state index >= 15 is 0 Å². The molecule has 1 aromatic heterocycles. The molecule has 0 radical (unpaired) electrons. The van der Waals surface area contributed by atoms with Crippen LogP contribution in [-0.2, 0) is 19.4 Å². The van der Waals surface area contributed by atoms with E-state index in [4.69, 9.17) is 9.15 Å². The first-order valence-corrected chi connectivity index (χ1v) is 9.21. The van der Waals surface area contributed by atoms with Crippen molar-refractivity contribution in [3.63, 3.8) is 0 Å². The first kappa shape index (κ1) is 17.5. The van der Waals surface area contributed by atoms with E-state index in [2.05, 4.69) is 5.32 Å². The van der Waals surface area contributed by atoms with Crippen LogP contribution in [0.2, 0.25) is 0 Å². The van der Waals surface area contributed by atoms with E-state index in [0.29, 0.717) is 29.1 Å². The molecule has 0 aliphatic carbocycles. The van der Waals surface area contributed by atoms with Crippen molar-refractivity contribution >= 4 is 21.7 Å². The summed E-state index contributed by atoms with van der Waals surface area (Å²) >= 11 is 0. The summed E-state index contributed by atoms with van der Waals surface area (Å²) in [5.74, 6) is -0.0612. The lowest BCUT2D eigenvalue weighted by Crippen LogP contribution is -2.42. The summed E-state index contributed by atoms with van der Waals surface area (Å²) < 4.78 is 33.3. The molecule has 1 N–H and O–H groups in total. The molecule has 0 aromatic carbocycles. The van der Waals surface area contributed by atoms with Gasteiger partial charge in [-0.25, -0.2) is 13.2 Å². The van der Waals surface area contributed by atoms with Crippen LogP contribution in [0.25, 0.3) is 0 Å². The fourth-order valence-corrected chi connectivity index (χ4v) is 4.27. The molecule has 128 valence electrons. The second-order valence-electron chi connectivity index (χ2n) is 5.87. The molecule has 0 unspecified atom stereocenters. The van der Waals surface area contributed by atoms with Crippen LogP contribution in [0.1, 0.15) is 40.8 Å². The van der Waals surface area contributed by atoms with Crippen LogP contribution in [0.15, 0.2) is 4.42 Å². The Labute approximate surface area is 135 Å². The molecule has 1 aliphatic heterocycles. The van der Waals surface area contributed by atoms with Crippen LogP contribution >= 0.6 is 0 Å². The van der Waals surface area contributed by atoms with Gasteiger partial charge in [-0.05, 0) is 34.1 Å². The van der Waals surface area contributed by atoms with Gasteiger partial charge in [0.15, 0.2) is 15.9 Å². The number of carbonyl (C=O) groups is 2. The van der Waals surface area contributed by atoms with Gasteiger partial charge in [0.2, 0.25) is 0 Å². The molecule has 7 nitrogen and oxygen atoms in total.